The molecule has 1 aromatic rings. The second-order valence-corrected chi connectivity index (χ2v) is 5.36. The first-order chi connectivity index (χ1) is 9.69. The molecule has 6 nitrogen and oxygen atoms in total. The van der Waals surface area contributed by atoms with Crippen molar-refractivity contribution in [3.05, 3.63) is 18.0 Å². The Morgan fingerprint density at radius 2 is 1.95 bits per heavy atom. The van der Waals surface area contributed by atoms with E-state index in [1.807, 2.05) is 0 Å². The molecular formula is C14H21N3O3. The first kappa shape index (κ1) is 14.7. The highest BCUT2D eigenvalue weighted by molar-refractivity contribution is 5.86. The van der Waals surface area contributed by atoms with Crippen LogP contribution in [0, 0.1) is 5.92 Å². The second-order valence-electron chi connectivity index (χ2n) is 5.36. The monoisotopic (exact) mass is 279 g/mol. The Bertz CT molecular complexity index is 430. The highest BCUT2D eigenvalue weighted by Crippen LogP contribution is 2.27. The van der Waals surface area contributed by atoms with Gasteiger partial charge in [0.15, 0.2) is 0 Å². The number of aliphatic hydroxyl groups is 1. The third-order valence-electron chi connectivity index (χ3n) is 3.79. The number of aromatic nitrogens is 2. The Hall–Kier alpha value is -1.69. The van der Waals surface area contributed by atoms with E-state index < -0.39 is 5.97 Å². The molecule has 0 aliphatic heterocycles. The summed E-state index contributed by atoms with van der Waals surface area (Å²) < 4.78 is 0. The largest absolute Gasteiger partial charge is 0.478 e. The molecule has 20 heavy (non-hydrogen) atoms. The van der Waals surface area contributed by atoms with Crippen LogP contribution in [0.1, 0.15) is 48.9 Å². The van der Waals surface area contributed by atoms with Crippen molar-refractivity contribution in [2.45, 2.75) is 44.6 Å². The number of carboxylic acid groups (broad SMARTS) is 1. The van der Waals surface area contributed by atoms with Crippen LogP contribution in [0.25, 0.3) is 0 Å². The van der Waals surface area contributed by atoms with Crippen molar-refractivity contribution in [3.8, 4) is 0 Å². The molecule has 0 aromatic carbocycles. The number of aliphatic hydroxyl groups excluding tert-OH is 1. The number of nitrogens with zero attached hydrogens (tertiary/aromatic N) is 2. The quantitative estimate of drug-likeness (QED) is 0.736. The minimum atomic E-state index is -1.04. The maximum atomic E-state index is 10.7. The molecule has 0 radical (unpaired) electrons. The van der Waals surface area contributed by atoms with Crippen molar-refractivity contribution in [3.63, 3.8) is 0 Å². The minimum Gasteiger partial charge on any atom is -0.478 e. The fourth-order valence-electron chi connectivity index (χ4n) is 2.70. The second kappa shape index (κ2) is 7.19. The normalized spacial score (nSPS) is 17.6. The number of carboxylic acids is 1. The molecule has 1 atom stereocenters. The van der Waals surface area contributed by atoms with Gasteiger partial charge in [-0.05, 0) is 12.3 Å². The molecule has 110 valence electrons. The van der Waals surface area contributed by atoms with Gasteiger partial charge in [0.25, 0.3) is 0 Å². The summed E-state index contributed by atoms with van der Waals surface area (Å²) in [4.78, 5) is 18.6. The third-order valence-corrected chi connectivity index (χ3v) is 3.79. The van der Waals surface area contributed by atoms with Gasteiger partial charge in [-0.15, -0.1) is 0 Å². The predicted octanol–water partition coefficient (Wildman–Crippen LogP) is 1.92. The number of rotatable bonds is 6. The van der Waals surface area contributed by atoms with Gasteiger partial charge < -0.3 is 15.5 Å². The Balaban J connectivity index is 1.89. The number of anilines is 1. The van der Waals surface area contributed by atoms with Crippen LogP contribution in [-0.4, -0.2) is 38.8 Å². The number of aromatic carboxylic acids is 1. The number of hydrogen-bond donors (Lipinski definition) is 3. The van der Waals surface area contributed by atoms with E-state index >= 15 is 0 Å². The van der Waals surface area contributed by atoms with E-state index in [0.717, 1.165) is 6.42 Å². The van der Waals surface area contributed by atoms with Crippen LogP contribution < -0.4 is 5.32 Å². The smallest absolute Gasteiger partial charge is 0.338 e. The van der Waals surface area contributed by atoms with Crippen LogP contribution in [0.5, 0.6) is 0 Å². The van der Waals surface area contributed by atoms with Gasteiger partial charge in [-0.1, -0.05) is 32.1 Å². The molecule has 1 aliphatic carbocycles. The summed E-state index contributed by atoms with van der Waals surface area (Å²) in [5.41, 5.74) is 0.0587. The van der Waals surface area contributed by atoms with Crippen molar-refractivity contribution < 1.29 is 15.0 Å². The topological polar surface area (TPSA) is 95.3 Å². The Kier molecular flexibility index (Phi) is 5.29. The Morgan fingerprint density at radius 1 is 1.30 bits per heavy atom. The molecule has 0 saturated heterocycles. The number of carbonyl (C=O) groups is 1. The summed E-state index contributed by atoms with van der Waals surface area (Å²) in [7, 11) is 0. The molecule has 0 amide bonds. The first-order valence-electron chi connectivity index (χ1n) is 7.11. The van der Waals surface area contributed by atoms with Gasteiger partial charge in [0.2, 0.25) is 5.95 Å². The number of hydrogen-bond acceptors (Lipinski definition) is 5. The summed E-state index contributed by atoms with van der Waals surface area (Å²) in [6.45, 7) is 0.0283. The van der Waals surface area contributed by atoms with Gasteiger partial charge >= 0.3 is 5.97 Å². The van der Waals surface area contributed by atoms with Gasteiger partial charge in [-0.2, -0.15) is 0 Å². The van der Waals surface area contributed by atoms with E-state index in [4.69, 9.17) is 5.11 Å². The zero-order valence-electron chi connectivity index (χ0n) is 11.5. The molecule has 0 bridgehead atoms. The lowest BCUT2D eigenvalue weighted by molar-refractivity contribution is 0.0696. The summed E-state index contributed by atoms with van der Waals surface area (Å²) in [6, 6.07) is -0.0752. The SMILES string of the molecule is O=C(O)c1cnc(NC(CO)CC2CCCCC2)nc1. The van der Waals surface area contributed by atoms with Gasteiger partial charge in [-0.3, -0.25) is 0 Å². The van der Waals surface area contributed by atoms with Crippen LogP contribution in [-0.2, 0) is 0 Å². The molecule has 6 heteroatoms. The van der Waals surface area contributed by atoms with Gasteiger partial charge in [0.05, 0.1) is 18.2 Å². The minimum absolute atomic E-state index is 0.0283. The average molecular weight is 279 g/mol. The molecule has 1 aliphatic rings. The predicted molar refractivity (Wildman–Crippen MR) is 74.7 cm³/mol. The fraction of sp³-hybridized carbons (Fsp3) is 0.643. The van der Waals surface area contributed by atoms with Crippen molar-refractivity contribution >= 4 is 11.9 Å². The van der Waals surface area contributed by atoms with Crippen molar-refractivity contribution in [2.75, 3.05) is 11.9 Å². The summed E-state index contributed by atoms with van der Waals surface area (Å²) >= 11 is 0. The van der Waals surface area contributed by atoms with E-state index in [2.05, 4.69) is 15.3 Å². The fourth-order valence-corrected chi connectivity index (χ4v) is 2.70. The zero-order chi connectivity index (χ0) is 14.4. The van der Waals surface area contributed by atoms with Crippen molar-refractivity contribution in [2.24, 2.45) is 5.92 Å². The summed E-state index contributed by atoms with van der Waals surface area (Å²) in [6.07, 6.45) is 9.74. The average Bonchev–Trinajstić information content (AvgIpc) is 2.48. The van der Waals surface area contributed by atoms with Crippen molar-refractivity contribution in [1.82, 2.24) is 9.97 Å². The number of nitrogens with one attached hydrogen (secondary N) is 1. The molecule has 3 N–H and O–H groups in total. The lowest BCUT2D eigenvalue weighted by Gasteiger charge is -2.26. The van der Waals surface area contributed by atoms with Crippen LogP contribution in [0.3, 0.4) is 0 Å². The van der Waals surface area contributed by atoms with Crippen LogP contribution in [0.15, 0.2) is 12.4 Å². The molecule has 1 fully saturated rings. The maximum Gasteiger partial charge on any atom is 0.338 e. The maximum absolute atomic E-state index is 10.7. The van der Waals surface area contributed by atoms with Crippen LogP contribution in [0.4, 0.5) is 5.95 Å². The molecular weight excluding hydrogens is 258 g/mol. The third kappa shape index (κ3) is 4.16. The molecule has 1 heterocycles. The van der Waals surface area contributed by atoms with Crippen LogP contribution in [0.2, 0.25) is 0 Å². The van der Waals surface area contributed by atoms with Crippen molar-refractivity contribution in [1.29, 1.82) is 0 Å². The standard InChI is InChI=1S/C14H21N3O3/c18-9-12(6-10-4-2-1-3-5-10)17-14-15-7-11(8-16-14)13(19)20/h7-8,10,12,18H,1-6,9H2,(H,19,20)(H,15,16,17). The highest BCUT2D eigenvalue weighted by Gasteiger charge is 2.19. The lowest BCUT2D eigenvalue weighted by Crippen LogP contribution is -2.28. The van der Waals surface area contributed by atoms with E-state index in [-0.39, 0.29) is 18.2 Å². The molecule has 1 aromatic heterocycles. The molecule has 1 unspecified atom stereocenters. The Labute approximate surface area is 118 Å². The van der Waals surface area contributed by atoms with E-state index in [1.165, 1.54) is 44.5 Å². The van der Waals surface area contributed by atoms with E-state index in [0.29, 0.717) is 11.9 Å². The van der Waals surface area contributed by atoms with Gasteiger partial charge in [-0.25, -0.2) is 14.8 Å². The van der Waals surface area contributed by atoms with Gasteiger partial charge in [0.1, 0.15) is 0 Å². The summed E-state index contributed by atoms with van der Waals surface area (Å²) in [5, 5.41) is 21.3. The molecule has 0 spiro atoms. The lowest BCUT2D eigenvalue weighted by atomic mass is 9.85. The van der Waals surface area contributed by atoms with E-state index in [1.54, 1.807) is 0 Å². The van der Waals surface area contributed by atoms with E-state index in [9.17, 15) is 9.90 Å². The molecule has 2 rings (SSSR count). The van der Waals surface area contributed by atoms with Crippen LogP contribution >= 0.6 is 0 Å². The highest BCUT2D eigenvalue weighted by atomic mass is 16.4. The Morgan fingerprint density at radius 3 is 2.50 bits per heavy atom. The molecule has 1 saturated carbocycles. The first-order valence-corrected chi connectivity index (χ1v) is 7.11. The summed E-state index contributed by atoms with van der Waals surface area (Å²) in [5.74, 6) is -0.0333. The zero-order valence-corrected chi connectivity index (χ0v) is 11.5. The van der Waals surface area contributed by atoms with Gasteiger partial charge in [0, 0.05) is 12.4 Å².